The third-order valence-corrected chi connectivity index (χ3v) is 5.22. The summed E-state index contributed by atoms with van der Waals surface area (Å²) in [5.41, 5.74) is 3.38. The Kier molecular flexibility index (Phi) is 6.41. The van der Waals surface area contributed by atoms with Crippen LogP contribution in [0.1, 0.15) is 36.5 Å². The molecule has 3 aromatic rings. The smallest absolute Gasteiger partial charge is 0.230 e. The molecule has 3 rings (SSSR count). The van der Waals surface area contributed by atoms with E-state index in [1.807, 2.05) is 24.3 Å². The molecule has 146 valence electrons. The normalized spacial score (nSPS) is 11.0. The molecule has 6 nitrogen and oxygen atoms in total. The molecule has 0 spiro atoms. The fourth-order valence-corrected chi connectivity index (χ4v) is 3.28. The maximum atomic E-state index is 13.6. The van der Waals surface area contributed by atoms with Crippen LogP contribution in [-0.2, 0) is 11.3 Å². The highest BCUT2D eigenvalue weighted by atomic mass is 32.2. The molecule has 1 N–H and O–H groups in total. The molecule has 1 aromatic heterocycles. The lowest BCUT2D eigenvalue weighted by molar-refractivity contribution is -0.118. The number of aryl methyl sites for hydroxylation is 1. The Morgan fingerprint density at radius 2 is 1.96 bits per heavy atom. The number of rotatable bonds is 7. The third kappa shape index (κ3) is 4.95. The van der Waals surface area contributed by atoms with Crippen LogP contribution in [0, 0.1) is 12.7 Å². The number of benzene rings is 2. The summed E-state index contributed by atoms with van der Waals surface area (Å²) in [6.07, 6.45) is 0. The van der Waals surface area contributed by atoms with Gasteiger partial charge in [0.25, 0.3) is 0 Å². The Bertz CT molecular complexity index is 955. The summed E-state index contributed by atoms with van der Waals surface area (Å²) in [4.78, 5) is 12.1. The lowest BCUT2D eigenvalue weighted by Crippen LogP contribution is -2.24. The van der Waals surface area contributed by atoms with Crippen LogP contribution in [-0.4, -0.2) is 31.9 Å². The predicted octanol–water partition coefficient (Wildman–Crippen LogP) is 3.64. The van der Waals surface area contributed by atoms with Gasteiger partial charge in [0, 0.05) is 6.54 Å². The molecule has 28 heavy (non-hydrogen) atoms. The van der Waals surface area contributed by atoms with Crippen LogP contribution in [0.5, 0.6) is 0 Å². The quantitative estimate of drug-likeness (QED) is 0.614. The summed E-state index contributed by atoms with van der Waals surface area (Å²) in [5, 5.41) is 15.0. The molecular formula is C20H22FN5OS. The highest BCUT2D eigenvalue weighted by Gasteiger charge is 2.12. The minimum atomic E-state index is -0.274. The van der Waals surface area contributed by atoms with Crippen LogP contribution >= 0.6 is 11.8 Å². The Morgan fingerprint density at radius 3 is 2.64 bits per heavy atom. The number of thioether (sulfide) groups is 1. The number of hydrogen-bond acceptors (Lipinski definition) is 5. The number of carbonyl (C=O) groups is 1. The van der Waals surface area contributed by atoms with Crippen molar-refractivity contribution < 1.29 is 9.18 Å². The van der Waals surface area contributed by atoms with Crippen molar-refractivity contribution in [3.8, 4) is 5.69 Å². The molecule has 2 aromatic carbocycles. The van der Waals surface area contributed by atoms with Crippen molar-refractivity contribution in [1.82, 2.24) is 25.5 Å². The maximum absolute atomic E-state index is 13.6. The average Bonchev–Trinajstić information content (AvgIpc) is 3.16. The standard InChI is InChI=1S/C20H22FN5OS/c1-13(2)16-6-8-17(9-7-16)26-20(23-24-25-26)28-12-19(27)22-11-15-5-4-14(3)18(21)10-15/h4-10,13H,11-12H2,1-3H3,(H,22,27). The van der Waals surface area contributed by atoms with Gasteiger partial charge < -0.3 is 5.32 Å². The van der Waals surface area contributed by atoms with Gasteiger partial charge in [-0.1, -0.05) is 49.9 Å². The van der Waals surface area contributed by atoms with E-state index in [1.54, 1.807) is 23.7 Å². The molecule has 0 aliphatic rings. The number of aromatic nitrogens is 4. The number of halogens is 1. The van der Waals surface area contributed by atoms with E-state index in [2.05, 4.69) is 34.7 Å². The topological polar surface area (TPSA) is 72.7 Å². The first kappa shape index (κ1) is 20.0. The zero-order valence-corrected chi connectivity index (χ0v) is 16.8. The average molecular weight is 399 g/mol. The van der Waals surface area contributed by atoms with Gasteiger partial charge >= 0.3 is 0 Å². The van der Waals surface area contributed by atoms with Crippen LogP contribution in [0.25, 0.3) is 5.69 Å². The van der Waals surface area contributed by atoms with Crippen molar-refractivity contribution in [2.75, 3.05) is 5.75 Å². The number of tetrazole rings is 1. The Balaban J connectivity index is 1.57. The minimum absolute atomic E-state index is 0.165. The molecule has 0 aliphatic carbocycles. The number of nitrogens with zero attached hydrogens (tertiary/aromatic N) is 4. The molecule has 1 heterocycles. The van der Waals surface area contributed by atoms with Crippen molar-refractivity contribution in [3.63, 3.8) is 0 Å². The van der Waals surface area contributed by atoms with E-state index < -0.39 is 0 Å². The summed E-state index contributed by atoms with van der Waals surface area (Å²) in [6.45, 7) is 6.25. The van der Waals surface area contributed by atoms with E-state index in [-0.39, 0.29) is 24.0 Å². The molecule has 0 aliphatic heterocycles. The first-order valence-corrected chi connectivity index (χ1v) is 9.96. The van der Waals surface area contributed by atoms with Crippen molar-refractivity contribution in [2.24, 2.45) is 0 Å². The number of amides is 1. The SMILES string of the molecule is Cc1ccc(CNC(=O)CSc2nnnn2-c2ccc(C(C)C)cc2)cc1F. The number of nitrogens with one attached hydrogen (secondary N) is 1. The van der Waals surface area contributed by atoms with Crippen molar-refractivity contribution >= 4 is 17.7 Å². The molecular weight excluding hydrogens is 377 g/mol. The third-order valence-electron chi connectivity index (χ3n) is 4.30. The van der Waals surface area contributed by atoms with Crippen LogP contribution in [0.2, 0.25) is 0 Å². The predicted molar refractivity (Wildman–Crippen MR) is 107 cm³/mol. The highest BCUT2D eigenvalue weighted by Crippen LogP contribution is 2.20. The van der Waals surface area contributed by atoms with Gasteiger partial charge in [0.2, 0.25) is 11.1 Å². The Morgan fingerprint density at radius 1 is 1.21 bits per heavy atom. The van der Waals surface area contributed by atoms with Crippen molar-refractivity contribution in [3.05, 3.63) is 65.0 Å². The molecule has 0 atom stereocenters. The van der Waals surface area contributed by atoms with E-state index >= 15 is 0 Å². The first-order valence-electron chi connectivity index (χ1n) is 8.97. The minimum Gasteiger partial charge on any atom is -0.351 e. The van der Waals surface area contributed by atoms with Gasteiger partial charge in [0.05, 0.1) is 11.4 Å². The van der Waals surface area contributed by atoms with Crippen LogP contribution in [0.3, 0.4) is 0 Å². The first-order chi connectivity index (χ1) is 13.4. The molecule has 0 bridgehead atoms. The van der Waals surface area contributed by atoms with Crippen molar-refractivity contribution in [1.29, 1.82) is 0 Å². The van der Waals surface area contributed by atoms with E-state index in [0.717, 1.165) is 11.3 Å². The fourth-order valence-electron chi connectivity index (χ4n) is 2.56. The fraction of sp³-hybridized carbons (Fsp3) is 0.300. The van der Waals surface area contributed by atoms with Gasteiger partial charge in [0.1, 0.15) is 5.82 Å². The lowest BCUT2D eigenvalue weighted by Gasteiger charge is -2.08. The second-order valence-electron chi connectivity index (χ2n) is 6.77. The highest BCUT2D eigenvalue weighted by molar-refractivity contribution is 7.99. The summed E-state index contributed by atoms with van der Waals surface area (Å²) in [6, 6.07) is 12.9. The number of hydrogen-bond donors (Lipinski definition) is 1. The zero-order chi connectivity index (χ0) is 20.1. The molecule has 0 fully saturated rings. The van der Waals surface area contributed by atoms with Crippen LogP contribution in [0.15, 0.2) is 47.6 Å². The Hall–Kier alpha value is -2.74. The van der Waals surface area contributed by atoms with Gasteiger partial charge in [-0.25, -0.2) is 4.39 Å². The second-order valence-corrected chi connectivity index (χ2v) is 7.71. The monoisotopic (exact) mass is 399 g/mol. The second kappa shape index (κ2) is 8.97. The van der Waals surface area contributed by atoms with Gasteiger partial charge in [-0.2, -0.15) is 4.68 Å². The molecule has 0 radical (unpaired) electrons. The summed E-state index contributed by atoms with van der Waals surface area (Å²) < 4.78 is 15.2. The van der Waals surface area contributed by atoms with E-state index in [9.17, 15) is 9.18 Å². The van der Waals surface area contributed by atoms with Gasteiger partial charge in [-0.15, -0.1) is 5.10 Å². The summed E-state index contributed by atoms with van der Waals surface area (Å²) in [7, 11) is 0. The maximum Gasteiger partial charge on any atom is 0.230 e. The van der Waals surface area contributed by atoms with E-state index in [0.29, 0.717) is 16.6 Å². The molecule has 0 unspecified atom stereocenters. The molecule has 0 saturated carbocycles. The molecule has 8 heteroatoms. The Labute approximate surface area is 167 Å². The zero-order valence-electron chi connectivity index (χ0n) is 16.0. The lowest BCUT2D eigenvalue weighted by atomic mass is 10.0. The van der Waals surface area contributed by atoms with E-state index in [4.69, 9.17) is 0 Å². The summed E-state index contributed by atoms with van der Waals surface area (Å²) in [5.74, 6) is 0.167. The van der Waals surface area contributed by atoms with E-state index in [1.165, 1.54) is 23.4 Å². The summed E-state index contributed by atoms with van der Waals surface area (Å²) >= 11 is 1.25. The van der Waals surface area contributed by atoms with Gasteiger partial charge in [0.15, 0.2) is 0 Å². The molecule has 0 saturated heterocycles. The van der Waals surface area contributed by atoms with Gasteiger partial charge in [-0.05, 0) is 58.2 Å². The largest absolute Gasteiger partial charge is 0.351 e. The van der Waals surface area contributed by atoms with Gasteiger partial charge in [-0.3, -0.25) is 4.79 Å². The van der Waals surface area contributed by atoms with Crippen LogP contribution in [0.4, 0.5) is 4.39 Å². The molecule has 1 amide bonds. The van der Waals surface area contributed by atoms with Crippen LogP contribution < -0.4 is 5.32 Å². The number of carbonyl (C=O) groups excluding carboxylic acids is 1. The van der Waals surface area contributed by atoms with Crippen molar-refractivity contribution in [2.45, 2.75) is 38.4 Å².